The minimum absolute atomic E-state index is 0.260. The molecule has 9 heteroatoms. The number of sulfone groups is 1. The smallest absolute Gasteiger partial charge is 0.405 e. The second kappa shape index (κ2) is 9.36. The number of imidazole rings is 1. The van der Waals surface area contributed by atoms with E-state index < -0.39 is 21.5 Å². The third-order valence-corrected chi connectivity index (χ3v) is 8.56. The molecule has 0 atom stereocenters. The Kier molecular flexibility index (Phi) is 5.95. The minimum Gasteiger partial charge on any atom is -0.465 e. The van der Waals surface area contributed by atoms with Crippen LogP contribution >= 0.6 is 0 Å². The van der Waals surface area contributed by atoms with Crippen molar-refractivity contribution in [1.29, 1.82) is 0 Å². The average molecular weight is 539 g/mol. The normalized spacial score (nSPS) is 14.6. The van der Waals surface area contributed by atoms with Gasteiger partial charge in [0.05, 0.1) is 28.0 Å². The van der Waals surface area contributed by atoms with Crippen LogP contribution < -0.4 is 5.32 Å². The van der Waals surface area contributed by atoms with Gasteiger partial charge in [0.15, 0.2) is 9.84 Å². The molecule has 0 radical (unpaired) electrons. The Morgan fingerprint density at radius 2 is 1.59 bits per heavy atom. The lowest BCUT2D eigenvalue weighted by Gasteiger charge is -2.42. The Bertz CT molecular complexity index is 1790. The molecule has 1 aliphatic rings. The molecule has 39 heavy (non-hydrogen) atoms. The number of hydrogen-bond acceptors (Lipinski definition) is 5. The molecule has 0 aliphatic heterocycles. The summed E-state index contributed by atoms with van der Waals surface area (Å²) in [6.07, 6.45) is 6.45. The molecule has 0 bridgehead atoms. The van der Waals surface area contributed by atoms with E-state index >= 15 is 0 Å². The Balaban J connectivity index is 1.46. The zero-order valence-corrected chi connectivity index (χ0v) is 22.0. The van der Waals surface area contributed by atoms with Gasteiger partial charge in [0.2, 0.25) is 5.78 Å². The van der Waals surface area contributed by atoms with Gasteiger partial charge in [0, 0.05) is 29.1 Å². The monoisotopic (exact) mass is 538 g/mol. The number of nitrogens with zero attached hydrogens (tertiary/aromatic N) is 3. The fraction of sp³-hybridized carbons (Fsp3) is 0.167. The van der Waals surface area contributed by atoms with E-state index in [0.717, 1.165) is 58.5 Å². The molecular formula is C30H26N4O4S. The van der Waals surface area contributed by atoms with E-state index in [1.807, 2.05) is 65.2 Å². The van der Waals surface area contributed by atoms with Crippen molar-refractivity contribution in [2.24, 2.45) is 0 Å². The highest BCUT2D eigenvalue weighted by atomic mass is 32.2. The van der Waals surface area contributed by atoms with Crippen LogP contribution in [-0.2, 0) is 15.4 Å². The second-order valence-electron chi connectivity index (χ2n) is 9.92. The summed E-state index contributed by atoms with van der Waals surface area (Å²) < 4.78 is 25.7. The second-order valence-corrected chi connectivity index (χ2v) is 11.9. The Morgan fingerprint density at radius 3 is 2.18 bits per heavy atom. The molecule has 196 valence electrons. The maximum atomic E-state index is 11.9. The summed E-state index contributed by atoms with van der Waals surface area (Å²) in [6.45, 7) is 0. The van der Waals surface area contributed by atoms with Crippen LogP contribution in [0.5, 0.6) is 0 Å². The third kappa shape index (κ3) is 4.55. The van der Waals surface area contributed by atoms with Crippen LogP contribution in [0.4, 0.5) is 4.79 Å². The first-order valence-electron chi connectivity index (χ1n) is 12.6. The van der Waals surface area contributed by atoms with E-state index in [9.17, 15) is 18.3 Å². The van der Waals surface area contributed by atoms with Gasteiger partial charge < -0.3 is 10.4 Å². The van der Waals surface area contributed by atoms with Crippen molar-refractivity contribution in [3.05, 3.63) is 96.8 Å². The Hall–Kier alpha value is -4.50. The predicted octanol–water partition coefficient (Wildman–Crippen LogP) is 5.78. The fourth-order valence-electron chi connectivity index (χ4n) is 5.22. The number of carboxylic acid groups (broad SMARTS) is 1. The molecule has 5 aromatic rings. The molecule has 0 unspecified atom stereocenters. The molecule has 1 amide bonds. The molecule has 2 aromatic heterocycles. The van der Waals surface area contributed by atoms with Gasteiger partial charge >= 0.3 is 6.09 Å². The van der Waals surface area contributed by atoms with Crippen molar-refractivity contribution >= 4 is 21.7 Å². The first kappa shape index (κ1) is 24.8. The van der Waals surface area contributed by atoms with Crippen molar-refractivity contribution in [1.82, 2.24) is 19.7 Å². The molecule has 1 aliphatic carbocycles. The molecule has 2 N–H and O–H groups in total. The zero-order chi connectivity index (χ0) is 27.2. The highest BCUT2D eigenvalue weighted by Crippen LogP contribution is 2.42. The lowest BCUT2D eigenvalue weighted by atomic mass is 9.71. The highest BCUT2D eigenvalue weighted by Gasteiger charge is 2.40. The summed E-state index contributed by atoms with van der Waals surface area (Å²) in [5.74, 6) is 0.513. The van der Waals surface area contributed by atoms with Crippen molar-refractivity contribution in [3.8, 4) is 33.6 Å². The van der Waals surface area contributed by atoms with Crippen LogP contribution in [0.15, 0.2) is 96.2 Å². The highest BCUT2D eigenvalue weighted by molar-refractivity contribution is 7.90. The molecular weight excluding hydrogens is 512 g/mol. The predicted molar refractivity (Wildman–Crippen MR) is 149 cm³/mol. The van der Waals surface area contributed by atoms with E-state index in [1.54, 1.807) is 30.5 Å². The van der Waals surface area contributed by atoms with Crippen molar-refractivity contribution < 1.29 is 18.3 Å². The maximum Gasteiger partial charge on any atom is 0.405 e. The van der Waals surface area contributed by atoms with E-state index in [-0.39, 0.29) is 4.90 Å². The number of nitrogens with one attached hydrogen (secondary N) is 1. The fourth-order valence-corrected chi connectivity index (χ4v) is 5.85. The number of benzene rings is 3. The lowest BCUT2D eigenvalue weighted by molar-refractivity contribution is 0.144. The topological polar surface area (TPSA) is 114 Å². The van der Waals surface area contributed by atoms with E-state index in [2.05, 4.69) is 10.3 Å². The van der Waals surface area contributed by atoms with Crippen LogP contribution in [0.1, 0.15) is 24.8 Å². The molecule has 1 fully saturated rings. The molecule has 1 saturated carbocycles. The Labute approximate surface area is 225 Å². The van der Waals surface area contributed by atoms with Crippen LogP contribution in [-0.4, -0.2) is 40.2 Å². The number of fused-ring (bicyclic) bond motifs is 1. The summed E-state index contributed by atoms with van der Waals surface area (Å²) in [5.41, 5.74) is 5.58. The molecule has 3 aromatic carbocycles. The van der Waals surface area contributed by atoms with Gasteiger partial charge in [-0.25, -0.2) is 23.2 Å². The van der Waals surface area contributed by atoms with Crippen LogP contribution in [0.3, 0.4) is 0 Å². The molecule has 0 saturated heterocycles. The largest absolute Gasteiger partial charge is 0.465 e. The first-order chi connectivity index (χ1) is 18.7. The average Bonchev–Trinajstić information content (AvgIpc) is 3.33. The zero-order valence-electron chi connectivity index (χ0n) is 21.2. The number of aromatic nitrogens is 3. The quantitative estimate of drug-likeness (QED) is 0.283. The summed E-state index contributed by atoms with van der Waals surface area (Å²) in [5, 5.41) is 12.1. The van der Waals surface area contributed by atoms with E-state index in [0.29, 0.717) is 5.78 Å². The number of hydrogen-bond donors (Lipinski definition) is 2. The standard InChI is InChI=1S/C30H26N4O4S/c1-39(37,38)24-14-10-21(11-15-24)26-18-31-28-32-27(25(19-34(26)28)20-6-3-2-4-7-20)22-8-12-23(13-9-22)30(16-5-17-30)33-29(35)36/h2-4,6-15,18-19,33H,5,16-17H2,1H3,(H,35,36). The molecule has 8 nitrogen and oxygen atoms in total. The van der Waals surface area contributed by atoms with Crippen molar-refractivity contribution in [2.45, 2.75) is 29.7 Å². The minimum atomic E-state index is -3.29. The Morgan fingerprint density at radius 1 is 0.923 bits per heavy atom. The van der Waals surface area contributed by atoms with Crippen molar-refractivity contribution in [2.75, 3.05) is 6.26 Å². The first-order valence-corrected chi connectivity index (χ1v) is 14.5. The maximum absolute atomic E-state index is 11.9. The number of amides is 1. The summed E-state index contributed by atoms with van der Waals surface area (Å²) >= 11 is 0. The van der Waals surface area contributed by atoms with Crippen molar-refractivity contribution in [3.63, 3.8) is 0 Å². The number of carbonyl (C=O) groups is 1. The third-order valence-electron chi connectivity index (χ3n) is 7.43. The SMILES string of the molecule is CS(=O)(=O)c1ccc(-c2cnc3nc(-c4ccc(C5(NC(=O)O)CCC5)cc4)c(-c4ccccc4)cn23)cc1. The van der Waals surface area contributed by atoms with Gasteiger partial charge in [0.25, 0.3) is 0 Å². The van der Waals surface area contributed by atoms with Gasteiger partial charge in [-0.3, -0.25) is 4.40 Å². The molecule has 2 heterocycles. The van der Waals surface area contributed by atoms with Gasteiger partial charge in [0.1, 0.15) is 0 Å². The van der Waals surface area contributed by atoms with Gasteiger partial charge in [-0.2, -0.15) is 0 Å². The van der Waals surface area contributed by atoms with Gasteiger partial charge in [-0.05, 0) is 42.5 Å². The summed E-state index contributed by atoms with van der Waals surface area (Å²) in [6, 6.07) is 24.6. The van der Waals surface area contributed by atoms with E-state index in [1.165, 1.54) is 6.26 Å². The number of rotatable bonds is 6. The molecule has 0 spiro atoms. The van der Waals surface area contributed by atoms with Crippen LogP contribution in [0, 0.1) is 0 Å². The lowest BCUT2D eigenvalue weighted by Crippen LogP contribution is -2.50. The van der Waals surface area contributed by atoms with Crippen LogP contribution in [0.2, 0.25) is 0 Å². The van der Waals surface area contributed by atoms with Crippen LogP contribution in [0.25, 0.3) is 39.4 Å². The summed E-state index contributed by atoms with van der Waals surface area (Å²) in [4.78, 5) is 21.2. The molecule has 6 rings (SSSR count). The van der Waals surface area contributed by atoms with Gasteiger partial charge in [-0.1, -0.05) is 66.7 Å². The summed E-state index contributed by atoms with van der Waals surface area (Å²) in [7, 11) is -3.29. The van der Waals surface area contributed by atoms with Gasteiger partial charge in [-0.15, -0.1) is 0 Å². The van der Waals surface area contributed by atoms with E-state index in [4.69, 9.17) is 4.98 Å².